The Kier molecular flexibility index (Phi) is 5.07. The van der Waals surface area contributed by atoms with Gasteiger partial charge in [0.1, 0.15) is 0 Å². The van der Waals surface area contributed by atoms with Crippen molar-refractivity contribution in [3.8, 4) is 0 Å². The molecule has 1 aliphatic heterocycles. The highest BCUT2D eigenvalue weighted by Crippen LogP contribution is 2.17. The van der Waals surface area contributed by atoms with Crippen LogP contribution in [0.2, 0.25) is 0 Å². The van der Waals surface area contributed by atoms with E-state index in [0.29, 0.717) is 10.9 Å². The zero-order chi connectivity index (χ0) is 20.4. The second kappa shape index (κ2) is 7.83. The molecular formula is C21H20N4O4. The summed E-state index contributed by atoms with van der Waals surface area (Å²) in [5.74, 6) is 0.0165. The predicted octanol–water partition coefficient (Wildman–Crippen LogP) is 2.98. The number of carbonyl (C=O) groups excluding carboxylic acids is 1. The van der Waals surface area contributed by atoms with Crippen LogP contribution in [0.5, 0.6) is 0 Å². The van der Waals surface area contributed by atoms with E-state index in [1.807, 2.05) is 23.1 Å². The molecule has 0 atom stereocenters. The van der Waals surface area contributed by atoms with Crippen LogP contribution in [0, 0.1) is 10.1 Å². The molecule has 0 N–H and O–H groups in total. The van der Waals surface area contributed by atoms with Crippen LogP contribution in [-0.4, -0.2) is 38.4 Å². The molecule has 1 fully saturated rings. The summed E-state index contributed by atoms with van der Waals surface area (Å²) < 4.78 is 1.44. The van der Waals surface area contributed by atoms with Gasteiger partial charge in [0.25, 0.3) is 17.2 Å². The van der Waals surface area contributed by atoms with Crippen LogP contribution < -0.4 is 5.56 Å². The third-order valence-electron chi connectivity index (χ3n) is 5.19. The Balaban J connectivity index is 1.60. The summed E-state index contributed by atoms with van der Waals surface area (Å²) in [6.07, 6.45) is 4.60. The highest BCUT2D eigenvalue weighted by atomic mass is 16.6. The number of rotatable bonds is 4. The lowest BCUT2D eigenvalue weighted by atomic mass is 10.1. The van der Waals surface area contributed by atoms with Crippen molar-refractivity contribution in [3.05, 3.63) is 80.4 Å². The van der Waals surface area contributed by atoms with Gasteiger partial charge in [0, 0.05) is 30.8 Å². The van der Waals surface area contributed by atoms with Crippen LogP contribution in [-0.2, 0) is 6.54 Å². The Morgan fingerprint density at radius 3 is 2.66 bits per heavy atom. The quantitative estimate of drug-likeness (QED) is 0.502. The Hall–Kier alpha value is -3.55. The fourth-order valence-corrected chi connectivity index (χ4v) is 3.65. The van der Waals surface area contributed by atoms with E-state index >= 15 is 0 Å². The van der Waals surface area contributed by atoms with Crippen molar-refractivity contribution in [1.82, 2.24) is 14.5 Å². The summed E-state index contributed by atoms with van der Waals surface area (Å²) in [5, 5.41) is 11.2. The molecule has 2 heterocycles. The smallest absolute Gasteiger partial charge is 0.271 e. The van der Waals surface area contributed by atoms with Crippen LogP contribution in [0.25, 0.3) is 10.9 Å². The number of amides is 1. The molecule has 0 radical (unpaired) electrons. The zero-order valence-corrected chi connectivity index (χ0v) is 15.8. The van der Waals surface area contributed by atoms with Crippen LogP contribution in [0.3, 0.4) is 0 Å². The summed E-state index contributed by atoms with van der Waals surface area (Å²) in [7, 11) is 0. The van der Waals surface area contributed by atoms with E-state index in [4.69, 9.17) is 0 Å². The monoisotopic (exact) mass is 392 g/mol. The molecule has 1 amide bonds. The minimum absolute atomic E-state index is 0.0165. The normalized spacial score (nSPS) is 14.1. The molecule has 8 nitrogen and oxygen atoms in total. The molecule has 1 aliphatic rings. The van der Waals surface area contributed by atoms with Gasteiger partial charge in [0.05, 0.1) is 28.7 Å². The Bertz CT molecular complexity index is 1150. The number of hydrogen-bond acceptors (Lipinski definition) is 5. The summed E-state index contributed by atoms with van der Waals surface area (Å²) >= 11 is 0. The van der Waals surface area contributed by atoms with Gasteiger partial charge in [-0.25, -0.2) is 4.98 Å². The van der Waals surface area contributed by atoms with Gasteiger partial charge < -0.3 is 4.90 Å². The van der Waals surface area contributed by atoms with Gasteiger partial charge in [0.15, 0.2) is 0 Å². The Labute approximate surface area is 166 Å². The summed E-state index contributed by atoms with van der Waals surface area (Å²) in [4.78, 5) is 41.9. The molecule has 8 heteroatoms. The largest absolute Gasteiger partial charge is 0.339 e. The molecule has 0 unspecified atom stereocenters. The zero-order valence-electron chi connectivity index (χ0n) is 15.8. The van der Waals surface area contributed by atoms with Crippen LogP contribution in [0.1, 0.15) is 35.2 Å². The number of nitro groups is 1. The topological polar surface area (TPSA) is 98.3 Å². The summed E-state index contributed by atoms with van der Waals surface area (Å²) in [5.41, 5.74) is 1.33. The first-order chi connectivity index (χ1) is 14.0. The average Bonchev–Trinajstić information content (AvgIpc) is 2.75. The Morgan fingerprint density at radius 1 is 1.10 bits per heavy atom. The van der Waals surface area contributed by atoms with Crippen molar-refractivity contribution in [2.45, 2.75) is 25.8 Å². The molecule has 1 saturated heterocycles. The fourth-order valence-electron chi connectivity index (χ4n) is 3.65. The van der Waals surface area contributed by atoms with Crippen molar-refractivity contribution in [1.29, 1.82) is 0 Å². The lowest BCUT2D eigenvalue weighted by Crippen LogP contribution is -2.35. The molecule has 0 aliphatic carbocycles. The number of aromatic nitrogens is 2. The lowest BCUT2D eigenvalue weighted by molar-refractivity contribution is -0.384. The van der Waals surface area contributed by atoms with Crippen LogP contribution in [0.4, 0.5) is 5.69 Å². The average molecular weight is 392 g/mol. The number of fused-ring (bicyclic) bond motifs is 1. The third-order valence-corrected chi connectivity index (χ3v) is 5.19. The molecule has 2 aromatic carbocycles. The van der Waals surface area contributed by atoms with Gasteiger partial charge in [-0.05, 0) is 43.0 Å². The van der Waals surface area contributed by atoms with E-state index in [1.54, 1.807) is 6.07 Å². The van der Waals surface area contributed by atoms with Gasteiger partial charge in [-0.2, -0.15) is 0 Å². The first kappa shape index (κ1) is 18.8. The van der Waals surface area contributed by atoms with Crippen LogP contribution >= 0.6 is 0 Å². The maximum atomic E-state index is 12.8. The number of carbonyl (C=O) groups is 1. The highest BCUT2D eigenvalue weighted by Gasteiger charge is 2.18. The van der Waals surface area contributed by atoms with E-state index in [2.05, 4.69) is 4.98 Å². The first-order valence-corrected chi connectivity index (χ1v) is 9.55. The molecule has 3 aromatic rings. The summed E-state index contributed by atoms with van der Waals surface area (Å²) in [6.45, 7) is 1.83. The van der Waals surface area contributed by atoms with E-state index in [0.717, 1.165) is 37.9 Å². The number of likely N-dealkylation sites (tertiary alicyclic amines) is 1. The molecule has 29 heavy (non-hydrogen) atoms. The van der Waals surface area contributed by atoms with Gasteiger partial charge in [-0.15, -0.1) is 0 Å². The second-order valence-electron chi connectivity index (χ2n) is 7.19. The molecule has 4 rings (SSSR count). The van der Waals surface area contributed by atoms with Crippen molar-refractivity contribution in [2.75, 3.05) is 13.1 Å². The van der Waals surface area contributed by atoms with Crippen molar-refractivity contribution in [3.63, 3.8) is 0 Å². The van der Waals surface area contributed by atoms with E-state index < -0.39 is 4.92 Å². The van der Waals surface area contributed by atoms with Crippen LogP contribution in [0.15, 0.2) is 53.6 Å². The predicted molar refractivity (Wildman–Crippen MR) is 108 cm³/mol. The lowest BCUT2D eigenvalue weighted by Gasteiger charge is -2.26. The van der Waals surface area contributed by atoms with Gasteiger partial charge >= 0.3 is 0 Å². The maximum absolute atomic E-state index is 12.8. The second-order valence-corrected chi connectivity index (χ2v) is 7.19. The first-order valence-electron chi connectivity index (χ1n) is 9.55. The van der Waals surface area contributed by atoms with Crippen molar-refractivity contribution in [2.24, 2.45) is 0 Å². The number of benzene rings is 2. The molecule has 0 saturated carbocycles. The number of non-ortho nitro benzene ring substituents is 1. The minimum Gasteiger partial charge on any atom is -0.339 e. The molecule has 0 spiro atoms. The van der Waals surface area contributed by atoms with Gasteiger partial charge in [-0.3, -0.25) is 24.3 Å². The number of hydrogen-bond donors (Lipinski definition) is 0. The number of piperidine rings is 1. The van der Waals surface area contributed by atoms with E-state index in [9.17, 15) is 19.7 Å². The summed E-state index contributed by atoms with van der Waals surface area (Å²) in [6, 6.07) is 11.3. The Morgan fingerprint density at radius 2 is 1.90 bits per heavy atom. The molecule has 148 valence electrons. The minimum atomic E-state index is -0.516. The van der Waals surface area contributed by atoms with E-state index in [-0.39, 0.29) is 29.2 Å². The van der Waals surface area contributed by atoms with Gasteiger partial charge in [0.2, 0.25) is 0 Å². The molecule has 1 aromatic heterocycles. The third kappa shape index (κ3) is 3.87. The highest BCUT2D eigenvalue weighted by molar-refractivity contribution is 5.94. The fraction of sp³-hybridized carbons (Fsp3) is 0.286. The maximum Gasteiger partial charge on any atom is 0.271 e. The van der Waals surface area contributed by atoms with Crippen molar-refractivity contribution >= 4 is 22.5 Å². The number of nitro benzene ring substituents is 1. The molecular weight excluding hydrogens is 372 g/mol. The molecule has 0 bridgehead atoms. The van der Waals surface area contributed by atoms with Gasteiger partial charge in [-0.1, -0.05) is 12.1 Å². The SMILES string of the molecule is O=C(c1cccc(Cn2cnc3cc([N+](=O)[O-])ccc3c2=O)c1)N1CCCCC1. The standard InChI is InChI=1S/C21H20N4O4/c26-20(23-9-2-1-3-10-23)16-6-4-5-15(11-16)13-24-14-22-19-12-17(25(28)29)7-8-18(19)21(24)27/h4-8,11-12,14H,1-3,9-10,13H2. The number of nitrogens with zero attached hydrogens (tertiary/aromatic N) is 4. The van der Waals surface area contributed by atoms with E-state index in [1.165, 1.54) is 29.1 Å². The van der Waals surface area contributed by atoms with Crippen molar-refractivity contribution < 1.29 is 9.72 Å².